The zero-order chi connectivity index (χ0) is 16.4. The zero-order valence-corrected chi connectivity index (χ0v) is 13.1. The van der Waals surface area contributed by atoms with Crippen LogP contribution in [0.4, 0.5) is 5.69 Å². The number of carbonyl (C=O) groups excluding carboxylic acids is 1. The van der Waals surface area contributed by atoms with E-state index in [0.717, 1.165) is 0 Å². The maximum atomic E-state index is 12.4. The number of nitrogens with zero attached hydrogens (tertiary/aromatic N) is 1. The average Bonchev–Trinajstić information content (AvgIpc) is 2.55. The molecule has 116 valence electrons. The predicted octanol–water partition coefficient (Wildman–Crippen LogP) is 3.59. The molecule has 0 atom stereocenters. The van der Waals surface area contributed by atoms with E-state index in [1.165, 1.54) is 0 Å². The van der Waals surface area contributed by atoms with Crippen LogP contribution in [0.5, 0.6) is 0 Å². The first kappa shape index (κ1) is 15.2. The van der Waals surface area contributed by atoms with Crippen LogP contribution in [0.15, 0.2) is 47.3 Å². The molecule has 23 heavy (non-hydrogen) atoms. The monoisotopic (exact) mass is 327 g/mol. The lowest BCUT2D eigenvalue weighted by atomic mass is 10.1. The first-order valence-electron chi connectivity index (χ1n) is 7.17. The summed E-state index contributed by atoms with van der Waals surface area (Å²) in [5.74, 6) is -0.127. The number of benzene rings is 2. The molecule has 0 radical (unpaired) electrons. The van der Waals surface area contributed by atoms with Crippen molar-refractivity contribution in [3.8, 4) is 11.3 Å². The number of hydrogen-bond acceptors (Lipinski definition) is 3. The molecule has 3 rings (SSSR count). The molecule has 0 bridgehead atoms. The van der Waals surface area contributed by atoms with E-state index in [9.17, 15) is 9.59 Å². The van der Waals surface area contributed by atoms with Gasteiger partial charge in [-0.15, -0.1) is 0 Å². The maximum Gasteiger partial charge on any atom is 0.275 e. The van der Waals surface area contributed by atoms with Gasteiger partial charge in [-0.2, -0.15) is 0 Å². The highest BCUT2D eigenvalue weighted by atomic mass is 35.5. The van der Waals surface area contributed by atoms with Gasteiger partial charge in [0.15, 0.2) is 0 Å². The fourth-order valence-electron chi connectivity index (χ4n) is 2.28. The normalized spacial score (nSPS) is 10.7. The molecule has 0 aliphatic carbocycles. The van der Waals surface area contributed by atoms with Gasteiger partial charge in [-0.25, -0.2) is 4.98 Å². The predicted molar refractivity (Wildman–Crippen MR) is 91.7 cm³/mol. The van der Waals surface area contributed by atoms with Crippen molar-refractivity contribution in [2.75, 3.05) is 5.32 Å². The summed E-state index contributed by atoms with van der Waals surface area (Å²) in [5, 5.41) is 3.33. The van der Waals surface area contributed by atoms with Crippen molar-refractivity contribution in [2.24, 2.45) is 0 Å². The van der Waals surface area contributed by atoms with E-state index in [1.807, 2.05) is 0 Å². The number of rotatable bonds is 3. The fraction of sp³-hybridized carbons (Fsp3) is 0.118. The Morgan fingerprint density at radius 3 is 2.83 bits per heavy atom. The molecule has 0 saturated carbocycles. The van der Waals surface area contributed by atoms with Crippen molar-refractivity contribution < 1.29 is 4.79 Å². The van der Waals surface area contributed by atoms with Gasteiger partial charge in [-0.1, -0.05) is 36.7 Å². The molecule has 0 unspecified atom stereocenters. The first-order chi connectivity index (χ1) is 11.1. The Morgan fingerprint density at radius 1 is 1.26 bits per heavy atom. The van der Waals surface area contributed by atoms with Crippen LogP contribution < -0.4 is 10.9 Å². The second-order valence-electron chi connectivity index (χ2n) is 5.02. The summed E-state index contributed by atoms with van der Waals surface area (Å²) in [6.45, 7) is 1.76. The average molecular weight is 328 g/mol. The molecule has 2 aromatic carbocycles. The molecule has 0 spiro atoms. The van der Waals surface area contributed by atoms with Crippen molar-refractivity contribution in [2.45, 2.75) is 13.3 Å². The minimum absolute atomic E-state index is 0.127. The molecule has 0 saturated heterocycles. The molecule has 6 heteroatoms. The highest BCUT2D eigenvalue weighted by Gasteiger charge is 2.13. The van der Waals surface area contributed by atoms with Gasteiger partial charge in [0.25, 0.3) is 5.56 Å². The number of carbonyl (C=O) groups is 1. The number of nitrogens with one attached hydrogen (secondary N) is 2. The molecule has 1 aromatic heterocycles. The molecule has 5 nitrogen and oxygen atoms in total. The van der Waals surface area contributed by atoms with Crippen LogP contribution in [0.2, 0.25) is 5.02 Å². The van der Waals surface area contributed by atoms with Crippen molar-refractivity contribution in [3.05, 3.63) is 57.8 Å². The lowest BCUT2D eigenvalue weighted by molar-refractivity contribution is -0.115. The number of fused-ring (bicyclic) bond motifs is 1. The maximum absolute atomic E-state index is 12.4. The van der Waals surface area contributed by atoms with Crippen molar-refractivity contribution in [3.63, 3.8) is 0 Å². The number of amides is 1. The van der Waals surface area contributed by atoms with Gasteiger partial charge in [0.1, 0.15) is 5.69 Å². The van der Waals surface area contributed by atoms with Gasteiger partial charge in [0.2, 0.25) is 5.91 Å². The van der Waals surface area contributed by atoms with Crippen molar-refractivity contribution in [1.82, 2.24) is 9.97 Å². The first-order valence-corrected chi connectivity index (χ1v) is 7.55. The molecule has 1 heterocycles. The second kappa shape index (κ2) is 6.22. The number of para-hydroxylation sites is 1. The zero-order valence-electron chi connectivity index (χ0n) is 12.4. The van der Waals surface area contributed by atoms with E-state index in [0.29, 0.717) is 33.7 Å². The van der Waals surface area contributed by atoms with Gasteiger partial charge < -0.3 is 10.3 Å². The quantitative estimate of drug-likeness (QED) is 0.772. The standard InChI is InChI=1S/C17H14ClN3O2/c1-2-15(22)19-12-6-4-3-5-11(12)16-17(23)21-13-8-7-10(18)9-14(13)20-16/h3-9H,2H2,1H3,(H,19,22)(H,21,23). The Hall–Kier alpha value is -2.66. The summed E-state index contributed by atoms with van der Waals surface area (Å²) in [7, 11) is 0. The third-order valence-electron chi connectivity index (χ3n) is 3.43. The third-order valence-corrected chi connectivity index (χ3v) is 3.67. The molecular weight excluding hydrogens is 314 g/mol. The Labute approximate surface area is 137 Å². The molecular formula is C17H14ClN3O2. The van der Waals surface area contributed by atoms with E-state index in [-0.39, 0.29) is 17.2 Å². The topological polar surface area (TPSA) is 74.8 Å². The van der Waals surface area contributed by atoms with Crippen LogP contribution in [0.3, 0.4) is 0 Å². The van der Waals surface area contributed by atoms with E-state index in [4.69, 9.17) is 11.6 Å². The van der Waals surface area contributed by atoms with Gasteiger partial charge in [-0.05, 0) is 24.3 Å². The molecule has 0 aliphatic heterocycles. The molecule has 3 aromatic rings. The van der Waals surface area contributed by atoms with E-state index >= 15 is 0 Å². The van der Waals surface area contributed by atoms with Crippen LogP contribution in [0.25, 0.3) is 22.3 Å². The summed E-state index contributed by atoms with van der Waals surface area (Å²) in [6.07, 6.45) is 0.353. The molecule has 2 N–H and O–H groups in total. The summed E-state index contributed by atoms with van der Waals surface area (Å²) in [5.41, 5.74) is 2.24. The highest BCUT2D eigenvalue weighted by molar-refractivity contribution is 6.31. The number of hydrogen-bond donors (Lipinski definition) is 2. The number of anilines is 1. The number of aromatic amines is 1. The van der Waals surface area contributed by atoms with Crippen molar-refractivity contribution >= 4 is 34.2 Å². The third kappa shape index (κ3) is 3.10. The molecule has 1 amide bonds. The largest absolute Gasteiger partial charge is 0.325 e. The smallest absolute Gasteiger partial charge is 0.275 e. The number of H-pyrrole nitrogens is 1. The van der Waals surface area contributed by atoms with Gasteiger partial charge in [0, 0.05) is 17.0 Å². The Bertz CT molecular complexity index is 950. The fourth-order valence-corrected chi connectivity index (χ4v) is 2.44. The Balaban J connectivity index is 2.18. The summed E-state index contributed by atoms with van der Waals surface area (Å²) in [4.78, 5) is 31.2. The second-order valence-corrected chi connectivity index (χ2v) is 5.46. The Morgan fingerprint density at radius 2 is 2.04 bits per heavy atom. The SMILES string of the molecule is CCC(=O)Nc1ccccc1-c1nc2cc(Cl)ccc2[nH]c1=O. The minimum atomic E-state index is -0.321. The summed E-state index contributed by atoms with van der Waals surface area (Å²) >= 11 is 5.99. The Kier molecular flexibility index (Phi) is 4.12. The summed E-state index contributed by atoms with van der Waals surface area (Å²) < 4.78 is 0. The van der Waals surface area contributed by atoms with Gasteiger partial charge in [-0.3, -0.25) is 9.59 Å². The van der Waals surface area contributed by atoms with Crippen LogP contribution >= 0.6 is 11.6 Å². The minimum Gasteiger partial charge on any atom is -0.325 e. The van der Waals surface area contributed by atoms with E-state index in [2.05, 4.69) is 15.3 Å². The lowest BCUT2D eigenvalue weighted by Crippen LogP contribution is -2.15. The number of halogens is 1. The van der Waals surface area contributed by atoms with E-state index in [1.54, 1.807) is 49.4 Å². The van der Waals surface area contributed by atoms with E-state index < -0.39 is 0 Å². The van der Waals surface area contributed by atoms with Crippen LogP contribution in [-0.2, 0) is 4.79 Å². The molecule has 0 aliphatic rings. The summed E-state index contributed by atoms with van der Waals surface area (Å²) in [6, 6.07) is 12.2. The highest BCUT2D eigenvalue weighted by Crippen LogP contribution is 2.25. The number of aromatic nitrogens is 2. The van der Waals surface area contributed by atoms with Gasteiger partial charge in [0.05, 0.1) is 16.7 Å². The van der Waals surface area contributed by atoms with Crippen molar-refractivity contribution in [1.29, 1.82) is 0 Å². The van der Waals surface area contributed by atoms with Gasteiger partial charge >= 0.3 is 0 Å². The van der Waals surface area contributed by atoms with Crippen LogP contribution in [0.1, 0.15) is 13.3 Å². The molecule has 0 fully saturated rings. The van der Waals surface area contributed by atoms with Crippen LogP contribution in [-0.4, -0.2) is 15.9 Å². The van der Waals surface area contributed by atoms with Crippen LogP contribution in [0, 0.1) is 0 Å². The lowest BCUT2D eigenvalue weighted by Gasteiger charge is -2.10.